The van der Waals surface area contributed by atoms with Crippen molar-refractivity contribution < 1.29 is 4.79 Å². The first kappa shape index (κ1) is 13.7. The third-order valence-corrected chi connectivity index (χ3v) is 3.75. The predicted octanol–water partition coefficient (Wildman–Crippen LogP) is 3.59. The maximum atomic E-state index is 12.2. The van der Waals surface area contributed by atoms with E-state index in [9.17, 15) is 4.79 Å². The quantitative estimate of drug-likeness (QED) is 0.873. The van der Waals surface area contributed by atoms with Crippen LogP contribution >= 0.6 is 23.2 Å². The smallest absolute Gasteiger partial charge is 0.244 e. The average Bonchev–Trinajstić information content (AvgIpc) is 2.28. The molecular formula is C13H16Cl2N2O. The van der Waals surface area contributed by atoms with E-state index in [2.05, 4.69) is 5.32 Å². The second-order valence-corrected chi connectivity index (χ2v) is 5.70. The lowest BCUT2D eigenvalue weighted by Gasteiger charge is -2.31. The van der Waals surface area contributed by atoms with Crippen molar-refractivity contribution in [3.05, 3.63) is 28.2 Å². The summed E-state index contributed by atoms with van der Waals surface area (Å²) in [6.45, 7) is 0. The van der Waals surface area contributed by atoms with Gasteiger partial charge in [-0.05, 0) is 31.0 Å². The van der Waals surface area contributed by atoms with Gasteiger partial charge in [0.05, 0.1) is 5.54 Å². The van der Waals surface area contributed by atoms with Gasteiger partial charge in [-0.3, -0.25) is 4.79 Å². The molecule has 1 aromatic carbocycles. The van der Waals surface area contributed by atoms with Gasteiger partial charge >= 0.3 is 0 Å². The fourth-order valence-electron chi connectivity index (χ4n) is 2.29. The Bertz CT molecular complexity index is 436. The maximum absolute atomic E-state index is 12.2. The third kappa shape index (κ3) is 3.16. The van der Waals surface area contributed by atoms with Gasteiger partial charge in [0.1, 0.15) is 0 Å². The number of hydrogen-bond acceptors (Lipinski definition) is 2. The van der Waals surface area contributed by atoms with Gasteiger partial charge in [-0.1, -0.05) is 42.5 Å². The molecule has 0 spiro atoms. The van der Waals surface area contributed by atoms with Gasteiger partial charge in [0.25, 0.3) is 0 Å². The van der Waals surface area contributed by atoms with Crippen molar-refractivity contribution in [2.45, 2.75) is 37.6 Å². The Morgan fingerprint density at radius 1 is 1.11 bits per heavy atom. The van der Waals surface area contributed by atoms with Gasteiger partial charge in [0, 0.05) is 15.7 Å². The van der Waals surface area contributed by atoms with E-state index >= 15 is 0 Å². The van der Waals surface area contributed by atoms with Crippen LogP contribution in [0.4, 0.5) is 5.69 Å². The van der Waals surface area contributed by atoms with Crippen LogP contribution in [0.15, 0.2) is 18.2 Å². The topological polar surface area (TPSA) is 55.1 Å². The summed E-state index contributed by atoms with van der Waals surface area (Å²) in [6.07, 6.45) is 4.61. The Hall–Kier alpha value is -0.770. The van der Waals surface area contributed by atoms with Crippen molar-refractivity contribution in [1.29, 1.82) is 0 Å². The monoisotopic (exact) mass is 286 g/mol. The van der Waals surface area contributed by atoms with Crippen molar-refractivity contribution in [3.8, 4) is 0 Å². The highest BCUT2D eigenvalue weighted by atomic mass is 35.5. The number of nitrogens with two attached hydrogens (primary N) is 1. The minimum atomic E-state index is -0.757. The van der Waals surface area contributed by atoms with Crippen LogP contribution in [0, 0.1) is 0 Å². The maximum Gasteiger partial charge on any atom is 0.244 e. The lowest BCUT2D eigenvalue weighted by atomic mass is 9.82. The van der Waals surface area contributed by atoms with Gasteiger partial charge < -0.3 is 11.1 Å². The molecule has 3 nitrogen and oxygen atoms in total. The number of hydrogen-bond donors (Lipinski definition) is 2. The summed E-state index contributed by atoms with van der Waals surface area (Å²) < 4.78 is 0. The standard InChI is InChI=1S/C13H16Cl2N2O/c14-9-6-10(15)8-11(7-9)17-12(18)13(16)4-2-1-3-5-13/h6-8H,1-5,16H2,(H,17,18). The van der Waals surface area contributed by atoms with E-state index in [1.165, 1.54) is 0 Å². The molecule has 0 heterocycles. The molecule has 0 unspecified atom stereocenters. The van der Waals surface area contributed by atoms with Crippen molar-refractivity contribution in [2.75, 3.05) is 5.32 Å². The van der Waals surface area contributed by atoms with Crippen LogP contribution in [-0.2, 0) is 4.79 Å². The molecule has 1 fully saturated rings. The molecule has 1 aromatic rings. The zero-order valence-electron chi connectivity index (χ0n) is 10.0. The lowest BCUT2D eigenvalue weighted by Crippen LogP contribution is -2.52. The minimum absolute atomic E-state index is 0.152. The van der Waals surface area contributed by atoms with Gasteiger partial charge in [0.2, 0.25) is 5.91 Å². The molecule has 5 heteroatoms. The number of benzene rings is 1. The molecular weight excluding hydrogens is 271 g/mol. The molecule has 0 aliphatic heterocycles. The van der Waals surface area contributed by atoms with Crippen LogP contribution < -0.4 is 11.1 Å². The largest absolute Gasteiger partial charge is 0.324 e. The second kappa shape index (κ2) is 5.47. The van der Waals surface area contributed by atoms with E-state index in [1.807, 2.05) is 0 Å². The molecule has 2 rings (SSSR count). The summed E-state index contributed by atoms with van der Waals surface area (Å²) in [5.41, 5.74) is 5.98. The number of carbonyl (C=O) groups is 1. The number of halogens is 2. The zero-order chi connectivity index (χ0) is 13.2. The highest BCUT2D eigenvalue weighted by Gasteiger charge is 2.35. The van der Waals surface area contributed by atoms with Crippen LogP contribution in [0.5, 0.6) is 0 Å². The van der Waals surface area contributed by atoms with Gasteiger partial charge in [-0.2, -0.15) is 0 Å². The van der Waals surface area contributed by atoms with E-state index in [0.29, 0.717) is 15.7 Å². The van der Waals surface area contributed by atoms with Crippen LogP contribution in [-0.4, -0.2) is 11.4 Å². The summed E-state index contributed by atoms with van der Waals surface area (Å²) in [7, 11) is 0. The lowest BCUT2D eigenvalue weighted by molar-refractivity contribution is -0.122. The van der Waals surface area contributed by atoms with E-state index in [4.69, 9.17) is 28.9 Å². The van der Waals surface area contributed by atoms with Gasteiger partial charge in [-0.15, -0.1) is 0 Å². The van der Waals surface area contributed by atoms with Crippen LogP contribution in [0.1, 0.15) is 32.1 Å². The fourth-order valence-corrected chi connectivity index (χ4v) is 2.82. The molecule has 0 saturated heterocycles. The van der Waals surface area contributed by atoms with Crippen molar-refractivity contribution in [1.82, 2.24) is 0 Å². The van der Waals surface area contributed by atoms with Crippen LogP contribution in [0.3, 0.4) is 0 Å². The molecule has 1 aliphatic rings. The third-order valence-electron chi connectivity index (χ3n) is 3.32. The Labute approximate surface area is 117 Å². The molecule has 1 aliphatic carbocycles. The molecule has 98 valence electrons. The van der Waals surface area contributed by atoms with Crippen molar-refractivity contribution >= 4 is 34.8 Å². The molecule has 3 N–H and O–H groups in total. The second-order valence-electron chi connectivity index (χ2n) is 4.83. The highest BCUT2D eigenvalue weighted by Crippen LogP contribution is 2.28. The summed E-state index contributed by atoms with van der Waals surface area (Å²) in [5.74, 6) is -0.152. The molecule has 18 heavy (non-hydrogen) atoms. The molecule has 1 saturated carbocycles. The Kier molecular flexibility index (Phi) is 4.15. The first-order chi connectivity index (χ1) is 8.49. The first-order valence-corrected chi connectivity index (χ1v) is 6.82. The van der Waals surface area contributed by atoms with Crippen molar-refractivity contribution in [2.24, 2.45) is 5.73 Å². The summed E-state index contributed by atoms with van der Waals surface area (Å²) >= 11 is 11.8. The average molecular weight is 287 g/mol. The van der Waals surface area contributed by atoms with E-state index in [-0.39, 0.29) is 5.91 Å². The van der Waals surface area contributed by atoms with Crippen molar-refractivity contribution in [3.63, 3.8) is 0 Å². The fraction of sp³-hybridized carbons (Fsp3) is 0.462. The Balaban J connectivity index is 2.10. The molecule has 0 radical (unpaired) electrons. The van der Waals surface area contributed by atoms with E-state index < -0.39 is 5.54 Å². The number of rotatable bonds is 2. The number of anilines is 1. The van der Waals surface area contributed by atoms with E-state index in [0.717, 1.165) is 32.1 Å². The number of amides is 1. The molecule has 0 atom stereocenters. The Morgan fingerprint density at radius 3 is 2.22 bits per heavy atom. The molecule has 1 amide bonds. The highest BCUT2D eigenvalue weighted by molar-refractivity contribution is 6.35. The zero-order valence-corrected chi connectivity index (χ0v) is 11.5. The number of nitrogens with one attached hydrogen (secondary N) is 1. The first-order valence-electron chi connectivity index (χ1n) is 6.06. The van der Waals surface area contributed by atoms with E-state index in [1.54, 1.807) is 18.2 Å². The van der Waals surface area contributed by atoms with Gasteiger partial charge in [0.15, 0.2) is 0 Å². The normalized spacial score (nSPS) is 18.4. The number of carbonyl (C=O) groups excluding carboxylic acids is 1. The summed E-state index contributed by atoms with van der Waals surface area (Å²) in [5, 5.41) is 3.79. The van der Waals surface area contributed by atoms with Crippen LogP contribution in [0.25, 0.3) is 0 Å². The summed E-state index contributed by atoms with van der Waals surface area (Å²) in [4.78, 5) is 12.2. The molecule has 0 bridgehead atoms. The minimum Gasteiger partial charge on any atom is -0.324 e. The molecule has 0 aromatic heterocycles. The van der Waals surface area contributed by atoms with Gasteiger partial charge in [-0.25, -0.2) is 0 Å². The van der Waals surface area contributed by atoms with Crippen LogP contribution in [0.2, 0.25) is 10.0 Å². The Morgan fingerprint density at radius 2 is 1.67 bits per heavy atom. The predicted molar refractivity (Wildman–Crippen MR) is 75.1 cm³/mol. The SMILES string of the molecule is NC1(C(=O)Nc2cc(Cl)cc(Cl)c2)CCCCC1. The summed E-state index contributed by atoms with van der Waals surface area (Å²) in [6, 6.07) is 4.95.